The highest BCUT2D eigenvalue weighted by Crippen LogP contribution is 2.23. The summed E-state index contributed by atoms with van der Waals surface area (Å²) < 4.78 is 5.50. The first-order valence-electron chi connectivity index (χ1n) is 4.63. The zero-order valence-corrected chi connectivity index (χ0v) is 9.02. The SMILES string of the molecule is O=Cc1ccccc1Oc1ccc(Cl)nc1. The number of rotatable bonds is 3. The largest absolute Gasteiger partial charge is 0.455 e. The summed E-state index contributed by atoms with van der Waals surface area (Å²) in [5.74, 6) is 1.04. The number of ether oxygens (including phenoxy) is 1. The number of para-hydroxylation sites is 1. The van der Waals surface area contributed by atoms with Gasteiger partial charge < -0.3 is 4.74 Å². The number of carbonyl (C=O) groups excluding carboxylic acids is 1. The number of hydrogen-bond acceptors (Lipinski definition) is 3. The molecule has 0 N–H and O–H groups in total. The fourth-order valence-corrected chi connectivity index (χ4v) is 1.33. The molecule has 3 nitrogen and oxygen atoms in total. The van der Waals surface area contributed by atoms with Crippen molar-refractivity contribution in [3.05, 3.63) is 53.3 Å². The topological polar surface area (TPSA) is 39.2 Å². The average Bonchev–Trinajstić information content (AvgIpc) is 2.33. The molecular formula is C12H8ClNO2. The lowest BCUT2D eigenvalue weighted by molar-refractivity contribution is 0.112. The van der Waals surface area contributed by atoms with Crippen LogP contribution in [0.5, 0.6) is 11.5 Å². The van der Waals surface area contributed by atoms with Gasteiger partial charge >= 0.3 is 0 Å². The fraction of sp³-hybridized carbons (Fsp3) is 0. The molecule has 1 heterocycles. The van der Waals surface area contributed by atoms with Crippen molar-refractivity contribution in [3.63, 3.8) is 0 Å². The van der Waals surface area contributed by atoms with Crippen molar-refractivity contribution in [3.8, 4) is 11.5 Å². The molecule has 1 aromatic heterocycles. The maximum Gasteiger partial charge on any atom is 0.153 e. The zero-order chi connectivity index (χ0) is 11.4. The second-order valence-corrected chi connectivity index (χ2v) is 3.46. The molecule has 1 aromatic carbocycles. The van der Waals surface area contributed by atoms with Crippen LogP contribution in [-0.2, 0) is 0 Å². The maximum absolute atomic E-state index is 10.8. The number of halogens is 1. The van der Waals surface area contributed by atoms with Crippen LogP contribution in [0.15, 0.2) is 42.6 Å². The summed E-state index contributed by atoms with van der Waals surface area (Å²) in [4.78, 5) is 14.6. The number of aldehydes is 1. The van der Waals surface area contributed by atoms with Gasteiger partial charge in [0.05, 0.1) is 11.8 Å². The summed E-state index contributed by atoms with van der Waals surface area (Å²) in [6.45, 7) is 0. The number of benzene rings is 1. The van der Waals surface area contributed by atoms with Gasteiger partial charge in [-0.25, -0.2) is 4.98 Å². The van der Waals surface area contributed by atoms with Crippen molar-refractivity contribution < 1.29 is 9.53 Å². The Morgan fingerprint density at radius 2 is 2.00 bits per heavy atom. The number of hydrogen-bond donors (Lipinski definition) is 0. The van der Waals surface area contributed by atoms with E-state index in [1.807, 2.05) is 0 Å². The van der Waals surface area contributed by atoms with E-state index in [0.29, 0.717) is 22.2 Å². The van der Waals surface area contributed by atoms with E-state index in [-0.39, 0.29) is 0 Å². The molecule has 0 atom stereocenters. The Kier molecular flexibility index (Phi) is 3.17. The molecular weight excluding hydrogens is 226 g/mol. The summed E-state index contributed by atoms with van der Waals surface area (Å²) in [7, 11) is 0. The third kappa shape index (κ3) is 2.38. The van der Waals surface area contributed by atoms with Crippen molar-refractivity contribution in [1.29, 1.82) is 0 Å². The molecule has 0 aliphatic rings. The highest BCUT2D eigenvalue weighted by atomic mass is 35.5. The summed E-state index contributed by atoms with van der Waals surface area (Å²) in [6, 6.07) is 10.3. The van der Waals surface area contributed by atoms with Crippen molar-refractivity contribution in [1.82, 2.24) is 4.98 Å². The minimum absolute atomic E-state index is 0.399. The van der Waals surface area contributed by atoms with Gasteiger partial charge in [-0.15, -0.1) is 0 Å². The minimum atomic E-state index is 0.399. The van der Waals surface area contributed by atoms with Crippen LogP contribution in [0.25, 0.3) is 0 Å². The van der Waals surface area contributed by atoms with Crippen LogP contribution >= 0.6 is 11.6 Å². The summed E-state index contributed by atoms with van der Waals surface area (Å²) >= 11 is 5.65. The monoisotopic (exact) mass is 233 g/mol. The Balaban J connectivity index is 2.26. The molecule has 2 rings (SSSR count). The lowest BCUT2D eigenvalue weighted by Gasteiger charge is -2.06. The lowest BCUT2D eigenvalue weighted by Crippen LogP contribution is -1.90. The maximum atomic E-state index is 10.8. The first-order valence-corrected chi connectivity index (χ1v) is 5.01. The molecule has 0 saturated carbocycles. The predicted octanol–water partition coefficient (Wildman–Crippen LogP) is 3.34. The van der Waals surface area contributed by atoms with Crippen LogP contribution in [0.4, 0.5) is 0 Å². The number of carbonyl (C=O) groups is 1. The Labute approximate surface area is 97.7 Å². The van der Waals surface area contributed by atoms with Crippen LogP contribution in [0.2, 0.25) is 5.15 Å². The van der Waals surface area contributed by atoms with Gasteiger partial charge in [0.15, 0.2) is 6.29 Å². The van der Waals surface area contributed by atoms with Crippen molar-refractivity contribution in [2.45, 2.75) is 0 Å². The Morgan fingerprint density at radius 1 is 1.19 bits per heavy atom. The van der Waals surface area contributed by atoms with Crippen molar-refractivity contribution in [2.75, 3.05) is 0 Å². The predicted molar refractivity (Wildman–Crippen MR) is 61.2 cm³/mol. The van der Waals surface area contributed by atoms with Crippen LogP contribution in [0.3, 0.4) is 0 Å². The lowest BCUT2D eigenvalue weighted by atomic mass is 10.2. The van der Waals surface area contributed by atoms with Crippen molar-refractivity contribution >= 4 is 17.9 Å². The summed E-state index contributed by atoms with van der Waals surface area (Å²) in [5.41, 5.74) is 0.498. The Hall–Kier alpha value is -1.87. The molecule has 0 amide bonds. The van der Waals surface area contributed by atoms with E-state index in [0.717, 1.165) is 6.29 Å². The summed E-state index contributed by atoms with van der Waals surface area (Å²) in [5, 5.41) is 0.399. The van der Waals surface area contributed by atoms with Gasteiger partial charge in [0.1, 0.15) is 16.7 Å². The zero-order valence-electron chi connectivity index (χ0n) is 8.26. The van der Waals surface area contributed by atoms with E-state index in [1.165, 1.54) is 6.20 Å². The first kappa shape index (κ1) is 10.6. The molecule has 2 aromatic rings. The highest BCUT2D eigenvalue weighted by molar-refractivity contribution is 6.29. The van der Waals surface area contributed by atoms with Gasteiger partial charge in [0, 0.05) is 0 Å². The molecule has 0 spiro atoms. The van der Waals surface area contributed by atoms with E-state index >= 15 is 0 Å². The molecule has 0 bridgehead atoms. The smallest absolute Gasteiger partial charge is 0.153 e. The molecule has 0 unspecified atom stereocenters. The molecule has 80 valence electrons. The number of pyridine rings is 1. The van der Waals surface area contributed by atoms with Gasteiger partial charge in [-0.2, -0.15) is 0 Å². The fourth-order valence-electron chi connectivity index (χ4n) is 1.22. The van der Waals surface area contributed by atoms with E-state index in [2.05, 4.69) is 4.98 Å². The molecule has 0 aliphatic heterocycles. The van der Waals surface area contributed by atoms with Crippen LogP contribution < -0.4 is 4.74 Å². The molecule has 0 aliphatic carbocycles. The normalized spacial score (nSPS) is 9.81. The molecule has 0 saturated heterocycles. The van der Waals surface area contributed by atoms with Gasteiger partial charge in [-0.3, -0.25) is 4.79 Å². The second kappa shape index (κ2) is 4.77. The van der Waals surface area contributed by atoms with Gasteiger partial charge in [-0.05, 0) is 24.3 Å². The highest BCUT2D eigenvalue weighted by Gasteiger charge is 2.03. The van der Waals surface area contributed by atoms with E-state index < -0.39 is 0 Å². The first-order chi connectivity index (χ1) is 7.79. The quantitative estimate of drug-likeness (QED) is 0.603. The third-order valence-corrected chi connectivity index (χ3v) is 2.20. The number of nitrogens with zero attached hydrogens (tertiary/aromatic N) is 1. The van der Waals surface area contributed by atoms with Crippen LogP contribution in [-0.4, -0.2) is 11.3 Å². The standard InChI is InChI=1S/C12H8ClNO2/c13-12-6-5-10(7-14-12)16-11-4-2-1-3-9(11)8-15/h1-8H. The van der Waals surface area contributed by atoms with E-state index in [1.54, 1.807) is 36.4 Å². The van der Waals surface area contributed by atoms with Gasteiger partial charge in [0.25, 0.3) is 0 Å². The molecule has 0 radical (unpaired) electrons. The second-order valence-electron chi connectivity index (χ2n) is 3.07. The minimum Gasteiger partial charge on any atom is -0.455 e. The molecule has 0 fully saturated rings. The molecule has 4 heteroatoms. The molecule has 16 heavy (non-hydrogen) atoms. The third-order valence-electron chi connectivity index (χ3n) is 1.97. The average molecular weight is 234 g/mol. The number of aromatic nitrogens is 1. The Bertz CT molecular complexity index is 497. The van der Waals surface area contributed by atoms with Crippen LogP contribution in [0.1, 0.15) is 10.4 Å². The Morgan fingerprint density at radius 3 is 2.69 bits per heavy atom. The van der Waals surface area contributed by atoms with E-state index in [4.69, 9.17) is 16.3 Å². The summed E-state index contributed by atoms with van der Waals surface area (Å²) in [6.07, 6.45) is 2.25. The van der Waals surface area contributed by atoms with Gasteiger partial charge in [0.2, 0.25) is 0 Å². The van der Waals surface area contributed by atoms with Crippen LogP contribution in [0, 0.1) is 0 Å². The van der Waals surface area contributed by atoms with Crippen molar-refractivity contribution in [2.24, 2.45) is 0 Å². The van der Waals surface area contributed by atoms with Gasteiger partial charge in [-0.1, -0.05) is 23.7 Å². The van der Waals surface area contributed by atoms with E-state index in [9.17, 15) is 4.79 Å².